The third kappa shape index (κ3) is 2.44. The number of nitrogens with two attached hydrogens (primary N) is 1. The highest BCUT2D eigenvalue weighted by Crippen LogP contribution is 2.35. The van der Waals surface area contributed by atoms with Crippen molar-refractivity contribution >= 4 is 0 Å². The second-order valence-electron chi connectivity index (χ2n) is 4.84. The Labute approximate surface area is 108 Å². The van der Waals surface area contributed by atoms with Crippen molar-refractivity contribution in [3.8, 4) is 11.5 Å². The van der Waals surface area contributed by atoms with Gasteiger partial charge in [0, 0.05) is 11.6 Å². The van der Waals surface area contributed by atoms with E-state index in [9.17, 15) is 0 Å². The number of hydrogen-bond acceptors (Lipinski definition) is 4. The molecule has 1 aromatic carbocycles. The number of hydrogen-bond donors (Lipinski definition) is 2. The molecule has 1 saturated heterocycles. The summed E-state index contributed by atoms with van der Waals surface area (Å²) in [5.74, 6) is 2.19. The molecule has 0 bridgehead atoms. The Kier molecular flexibility index (Phi) is 4.09. The van der Waals surface area contributed by atoms with E-state index in [0.29, 0.717) is 5.92 Å². The summed E-state index contributed by atoms with van der Waals surface area (Å²) < 4.78 is 10.8. The van der Waals surface area contributed by atoms with Gasteiger partial charge in [-0.1, -0.05) is 0 Å². The van der Waals surface area contributed by atoms with Crippen LogP contribution < -0.4 is 20.5 Å². The maximum Gasteiger partial charge on any atom is 0.124 e. The predicted molar refractivity (Wildman–Crippen MR) is 72.2 cm³/mol. The smallest absolute Gasteiger partial charge is 0.124 e. The van der Waals surface area contributed by atoms with E-state index in [1.165, 1.54) is 0 Å². The molecule has 0 aromatic heterocycles. The average Bonchev–Trinajstić information content (AvgIpc) is 2.91. The summed E-state index contributed by atoms with van der Waals surface area (Å²) in [6, 6.07) is 4.00. The van der Waals surface area contributed by atoms with E-state index >= 15 is 0 Å². The zero-order valence-corrected chi connectivity index (χ0v) is 11.3. The Bertz CT molecular complexity index is 415. The fraction of sp³-hybridized carbons (Fsp3) is 0.571. The molecule has 2 unspecified atom stereocenters. The molecule has 0 saturated carbocycles. The van der Waals surface area contributed by atoms with Crippen molar-refractivity contribution in [2.24, 2.45) is 11.7 Å². The zero-order valence-electron chi connectivity index (χ0n) is 11.3. The maximum absolute atomic E-state index is 6.37. The first-order chi connectivity index (χ1) is 8.67. The summed E-state index contributed by atoms with van der Waals surface area (Å²) in [6.07, 6.45) is 1.11. The van der Waals surface area contributed by atoms with Gasteiger partial charge < -0.3 is 20.5 Å². The molecule has 1 aliphatic heterocycles. The summed E-state index contributed by atoms with van der Waals surface area (Å²) in [5.41, 5.74) is 8.48. The largest absolute Gasteiger partial charge is 0.496 e. The Morgan fingerprint density at radius 3 is 2.56 bits per heavy atom. The molecular formula is C14H22N2O2. The van der Waals surface area contributed by atoms with Crippen LogP contribution in [0.4, 0.5) is 0 Å². The summed E-state index contributed by atoms with van der Waals surface area (Å²) in [7, 11) is 3.37. The van der Waals surface area contributed by atoms with Gasteiger partial charge in [-0.3, -0.25) is 0 Å². The molecule has 100 valence electrons. The van der Waals surface area contributed by atoms with Gasteiger partial charge in [0.15, 0.2) is 0 Å². The Hall–Kier alpha value is -1.26. The molecule has 1 heterocycles. The van der Waals surface area contributed by atoms with E-state index in [1.54, 1.807) is 14.2 Å². The average molecular weight is 250 g/mol. The number of rotatable bonds is 4. The van der Waals surface area contributed by atoms with Crippen LogP contribution in [0, 0.1) is 12.8 Å². The van der Waals surface area contributed by atoms with Gasteiger partial charge in [-0.2, -0.15) is 0 Å². The number of aryl methyl sites for hydroxylation is 1. The Morgan fingerprint density at radius 1 is 1.28 bits per heavy atom. The molecule has 2 rings (SSSR count). The second kappa shape index (κ2) is 5.59. The molecule has 18 heavy (non-hydrogen) atoms. The van der Waals surface area contributed by atoms with Crippen LogP contribution in [0.25, 0.3) is 0 Å². The molecule has 4 nitrogen and oxygen atoms in total. The Balaban J connectivity index is 2.34. The predicted octanol–water partition coefficient (Wildman–Crippen LogP) is 1.62. The summed E-state index contributed by atoms with van der Waals surface area (Å²) >= 11 is 0. The first kappa shape index (κ1) is 13.2. The van der Waals surface area contributed by atoms with Gasteiger partial charge in [0.25, 0.3) is 0 Å². The van der Waals surface area contributed by atoms with Crippen molar-refractivity contribution in [2.75, 3.05) is 27.3 Å². The van der Waals surface area contributed by atoms with E-state index in [0.717, 1.165) is 42.1 Å². The van der Waals surface area contributed by atoms with Crippen molar-refractivity contribution in [3.63, 3.8) is 0 Å². The summed E-state index contributed by atoms with van der Waals surface area (Å²) in [5, 5.41) is 3.35. The normalized spacial score (nSPS) is 20.8. The molecule has 1 aromatic rings. The van der Waals surface area contributed by atoms with Crippen LogP contribution in [0.3, 0.4) is 0 Å². The van der Waals surface area contributed by atoms with E-state index < -0.39 is 0 Å². The van der Waals surface area contributed by atoms with Crippen molar-refractivity contribution in [3.05, 3.63) is 23.3 Å². The summed E-state index contributed by atoms with van der Waals surface area (Å²) in [6.45, 7) is 4.03. The molecule has 0 radical (unpaired) electrons. The van der Waals surface area contributed by atoms with Crippen LogP contribution in [-0.4, -0.2) is 27.3 Å². The number of ether oxygens (including phenoxy) is 2. The van der Waals surface area contributed by atoms with Crippen LogP contribution in [0.2, 0.25) is 0 Å². The molecule has 2 atom stereocenters. The monoisotopic (exact) mass is 250 g/mol. The molecule has 1 fully saturated rings. The lowest BCUT2D eigenvalue weighted by Gasteiger charge is -2.22. The highest BCUT2D eigenvalue weighted by atomic mass is 16.5. The molecule has 0 spiro atoms. The zero-order chi connectivity index (χ0) is 13.1. The van der Waals surface area contributed by atoms with Gasteiger partial charge in [0.1, 0.15) is 11.5 Å². The van der Waals surface area contributed by atoms with E-state index in [4.69, 9.17) is 15.2 Å². The standard InChI is InChI=1S/C14H22N2O2/c1-9-6-13(18-3)11(7-12(9)17-2)14(15)10-4-5-16-8-10/h6-7,10,14,16H,4-5,8,15H2,1-3H3. The molecule has 0 aliphatic carbocycles. The van der Waals surface area contributed by atoms with E-state index in [1.807, 2.05) is 19.1 Å². The van der Waals surface area contributed by atoms with Gasteiger partial charge in [0.2, 0.25) is 0 Å². The molecule has 3 N–H and O–H groups in total. The van der Waals surface area contributed by atoms with Crippen molar-refractivity contribution in [2.45, 2.75) is 19.4 Å². The lowest BCUT2D eigenvalue weighted by Crippen LogP contribution is -2.24. The van der Waals surface area contributed by atoms with Crippen LogP contribution in [0.5, 0.6) is 11.5 Å². The van der Waals surface area contributed by atoms with Crippen molar-refractivity contribution < 1.29 is 9.47 Å². The third-order valence-electron chi connectivity index (χ3n) is 3.71. The van der Waals surface area contributed by atoms with E-state index in [2.05, 4.69) is 5.32 Å². The molecule has 1 aliphatic rings. The van der Waals surface area contributed by atoms with Crippen molar-refractivity contribution in [1.29, 1.82) is 0 Å². The minimum Gasteiger partial charge on any atom is -0.496 e. The quantitative estimate of drug-likeness (QED) is 0.852. The molecular weight excluding hydrogens is 228 g/mol. The van der Waals surface area contributed by atoms with Gasteiger partial charge in [0.05, 0.1) is 14.2 Å². The summed E-state index contributed by atoms with van der Waals surface area (Å²) in [4.78, 5) is 0. The number of nitrogens with one attached hydrogen (secondary N) is 1. The second-order valence-corrected chi connectivity index (χ2v) is 4.84. The van der Waals surface area contributed by atoms with Gasteiger partial charge in [-0.15, -0.1) is 0 Å². The lowest BCUT2D eigenvalue weighted by atomic mass is 9.91. The van der Waals surface area contributed by atoms with Crippen LogP contribution in [0.15, 0.2) is 12.1 Å². The first-order valence-corrected chi connectivity index (χ1v) is 6.36. The SMILES string of the molecule is COc1cc(C(N)C2CCNC2)c(OC)cc1C. The van der Waals surface area contributed by atoms with Crippen LogP contribution in [-0.2, 0) is 0 Å². The van der Waals surface area contributed by atoms with Crippen molar-refractivity contribution in [1.82, 2.24) is 5.32 Å². The number of benzene rings is 1. The fourth-order valence-corrected chi connectivity index (χ4v) is 2.57. The van der Waals surface area contributed by atoms with Crippen LogP contribution in [0.1, 0.15) is 23.6 Å². The third-order valence-corrected chi connectivity index (χ3v) is 3.71. The van der Waals surface area contributed by atoms with Crippen LogP contribution >= 0.6 is 0 Å². The highest BCUT2D eigenvalue weighted by Gasteiger charge is 2.26. The van der Waals surface area contributed by atoms with Gasteiger partial charge >= 0.3 is 0 Å². The fourth-order valence-electron chi connectivity index (χ4n) is 2.57. The maximum atomic E-state index is 6.37. The first-order valence-electron chi connectivity index (χ1n) is 6.36. The molecule has 4 heteroatoms. The Morgan fingerprint density at radius 2 is 2.00 bits per heavy atom. The lowest BCUT2D eigenvalue weighted by molar-refractivity contribution is 0.381. The minimum absolute atomic E-state index is 0.00977. The van der Waals surface area contributed by atoms with Gasteiger partial charge in [-0.25, -0.2) is 0 Å². The molecule has 0 amide bonds. The minimum atomic E-state index is -0.00977. The van der Waals surface area contributed by atoms with Gasteiger partial charge in [-0.05, 0) is 50.0 Å². The topological polar surface area (TPSA) is 56.5 Å². The number of methoxy groups -OCH3 is 2. The highest BCUT2D eigenvalue weighted by molar-refractivity contribution is 5.47. The van der Waals surface area contributed by atoms with E-state index in [-0.39, 0.29) is 6.04 Å².